The van der Waals surface area contributed by atoms with Crippen molar-refractivity contribution >= 4 is 29.4 Å². The number of rotatable bonds is 7. The monoisotopic (exact) mass is 420 g/mol. The quantitative estimate of drug-likeness (QED) is 0.563. The number of imide groups is 1. The first kappa shape index (κ1) is 21.7. The van der Waals surface area contributed by atoms with Crippen molar-refractivity contribution in [1.82, 2.24) is 14.7 Å². The zero-order valence-electron chi connectivity index (χ0n) is 17.0. The second-order valence-corrected chi connectivity index (χ2v) is 7.65. The number of hydrogen-bond donors (Lipinski definition) is 2. The molecule has 2 fully saturated rings. The van der Waals surface area contributed by atoms with E-state index in [4.69, 9.17) is 0 Å². The number of anilines is 1. The normalized spacial score (nSPS) is 17.6. The van der Waals surface area contributed by atoms with E-state index in [1.54, 1.807) is 18.0 Å². The predicted octanol–water partition coefficient (Wildman–Crippen LogP) is -0.834. The van der Waals surface area contributed by atoms with Gasteiger partial charge in [0.25, 0.3) is 5.91 Å². The largest absolute Gasteiger partial charge is 0.331 e. The van der Waals surface area contributed by atoms with Crippen LogP contribution in [-0.2, 0) is 14.4 Å². The van der Waals surface area contributed by atoms with Gasteiger partial charge in [-0.2, -0.15) is 0 Å². The van der Waals surface area contributed by atoms with E-state index >= 15 is 0 Å². The maximum absolute atomic E-state index is 13.2. The lowest BCUT2D eigenvalue weighted by Gasteiger charge is -2.32. The molecule has 2 aliphatic heterocycles. The van der Waals surface area contributed by atoms with Crippen LogP contribution in [0.2, 0.25) is 0 Å². The third-order valence-corrected chi connectivity index (χ3v) is 5.35. The Kier molecular flexibility index (Phi) is 6.99. The molecule has 0 aromatic heterocycles. The average molecular weight is 420 g/mol. The van der Waals surface area contributed by atoms with Gasteiger partial charge in [0.05, 0.1) is 26.2 Å². The molecule has 0 bridgehead atoms. The zero-order valence-corrected chi connectivity index (χ0v) is 17.0. The predicted molar refractivity (Wildman–Crippen MR) is 106 cm³/mol. The Morgan fingerprint density at radius 3 is 2.57 bits per heavy atom. The van der Waals surface area contributed by atoms with E-state index in [-0.39, 0.29) is 49.8 Å². The average Bonchev–Trinajstić information content (AvgIpc) is 2.94. The van der Waals surface area contributed by atoms with Gasteiger partial charge in [-0.25, -0.2) is 9.18 Å². The van der Waals surface area contributed by atoms with E-state index in [1.165, 1.54) is 28.0 Å². The minimum absolute atomic E-state index is 0.00860. The van der Waals surface area contributed by atoms with Gasteiger partial charge in [-0.3, -0.25) is 19.3 Å². The van der Waals surface area contributed by atoms with Gasteiger partial charge in [0.1, 0.15) is 12.4 Å². The summed E-state index contributed by atoms with van der Waals surface area (Å²) in [6.45, 7) is 2.98. The molecule has 162 valence electrons. The highest BCUT2D eigenvalue weighted by Crippen LogP contribution is 2.10. The van der Waals surface area contributed by atoms with Crippen LogP contribution in [0.4, 0.5) is 14.9 Å². The van der Waals surface area contributed by atoms with Gasteiger partial charge in [0.15, 0.2) is 6.54 Å². The molecule has 0 radical (unpaired) electrons. The number of piperazine rings is 1. The van der Waals surface area contributed by atoms with Gasteiger partial charge in [-0.15, -0.1) is 0 Å². The Hall–Kier alpha value is -3.01. The maximum Gasteiger partial charge on any atom is 0.326 e. The smallest absolute Gasteiger partial charge is 0.326 e. The molecule has 0 spiro atoms. The fraction of sp³-hybridized carbons (Fsp3) is 0.500. The van der Waals surface area contributed by atoms with Gasteiger partial charge in [0, 0.05) is 25.7 Å². The van der Waals surface area contributed by atoms with Crippen LogP contribution in [0, 0.1) is 5.82 Å². The van der Waals surface area contributed by atoms with Crippen LogP contribution in [0.5, 0.6) is 0 Å². The van der Waals surface area contributed by atoms with Crippen LogP contribution < -0.4 is 10.2 Å². The highest BCUT2D eigenvalue weighted by Gasteiger charge is 2.33. The molecule has 30 heavy (non-hydrogen) atoms. The first-order valence-electron chi connectivity index (χ1n) is 10.1. The topological polar surface area (TPSA) is 94.5 Å². The molecule has 0 aliphatic carbocycles. The number of nitrogens with one attached hydrogen (secondary N) is 2. The standard InChI is InChI=1S/C20H26FN5O4/c1-23-14-19(29)26(20(23)30)7-3-6-18(28)25-10-8-24(9-11-25)13-17(27)22-16-5-2-4-15(21)12-16/h2,4-5,12H,3,6-11,13-14H2,1H3,(H,22,27)/p+1. The number of urea groups is 1. The summed E-state index contributed by atoms with van der Waals surface area (Å²) in [5, 5.41) is 2.69. The van der Waals surface area contributed by atoms with E-state index in [1.807, 2.05) is 0 Å². The van der Waals surface area contributed by atoms with E-state index in [2.05, 4.69) is 5.32 Å². The first-order chi connectivity index (χ1) is 14.3. The summed E-state index contributed by atoms with van der Waals surface area (Å²) >= 11 is 0. The first-order valence-corrected chi connectivity index (χ1v) is 10.1. The zero-order chi connectivity index (χ0) is 21.7. The van der Waals surface area contributed by atoms with Gasteiger partial charge >= 0.3 is 6.03 Å². The Morgan fingerprint density at radius 1 is 1.20 bits per heavy atom. The van der Waals surface area contributed by atoms with E-state index in [9.17, 15) is 23.6 Å². The fourth-order valence-electron chi connectivity index (χ4n) is 3.68. The van der Waals surface area contributed by atoms with E-state index in [0.717, 1.165) is 4.90 Å². The number of amides is 5. The molecule has 2 saturated heterocycles. The lowest BCUT2D eigenvalue weighted by molar-refractivity contribution is -0.895. The van der Waals surface area contributed by atoms with Crippen molar-refractivity contribution < 1.29 is 28.5 Å². The molecule has 9 nitrogen and oxygen atoms in total. The summed E-state index contributed by atoms with van der Waals surface area (Å²) in [4.78, 5) is 53.5. The summed E-state index contributed by atoms with van der Waals surface area (Å²) in [5.74, 6) is -0.840. The lowest BCUT2D eigenvalue weighted by atomic mass is 10.2. The van der Waals surface area contributed by atoms with Gasteiger partial charge < -0.3 is 20.0 Å². The fourth-order valence-corrected chi connectivity index (χ4v) is 3.68. The molecule has 1 aromatic rings. The van der Waals surface area contributed by atoms with Crippen LogP contribution in [0.1, 0.15) is 12.8 Å². The highest BCUT2D eigenvalue weighted by atomic mass is 19.1. The summed E-state index contributed by atoms with van der Waals surface area (Å²) in [6, 6.07) is 5.44. The number of benzene rings is 1. The number of hydrogen-bond acceptors (Lipinski definition) is 4. The summed E-state index contributed by atoms with van der Waals surface area (Å²) in [5.41, 5.74) is 0.425. The number of quaternary nitrogens is 1. The molecule has 2 aliphatic rings. The molecule has 2 heterocycles. The third-order valence-electron chi connectivity index (χ3n) is 5.35. The highest BCUT2D eigenvalue weighted by molar-refractivity contribution is 6.01. The molecule has 0 atom stereocenters. The number of carbonyl (C=O) groups is 4. The Balaban J connectivity index is 1.35. The Bertz CT molecular complexity index is 825. The van der Waals surface area contributed by atoms with Crippen LogP contribution in [-0.4, -0.2) is 91.3 Å². The second kappa shape index (κ2) is 9.66. The molecular weight excluding hydrogens is 393 g/mol. The van der Waals surface area contributed by atoms with Crippen molar-refractivity contribution in [2.75, 3.05) is 58.2 Å². The number of carbonyl (C=O) groups excluding carboxylic acids is 4. The van der Waals surface area contributed by atoms with Gasteiger partial charge in [-0.05, 0) is 24.6 Å². The minimum Gasteiger partial charge on any atom is -0.331 e. The van der Waals surface area contributed by atoms with Crippen molar-refractivity contribution in [3.63, 3.8) is 0 Å². The number of nitrogens with zero attached hydrogens (tertiary/aromatic N) is 3. The van der Waals surface area contributed by atoms with Crippen molar-refractivity contribution in [2.24, 2.45) is 0 Å². The molecule has 0 saturated carbocycles. The van der Waals surface area contributed by atoms with Crippen molar-refractivity contribution in [2.45, 2.75) is 12.8 Å². The van der Waals surface area contributed by atoms with E-state index in [0.29, 0.717) is 38.3 Å². The van der Waals surface area contributed by atoms with Crippen molar-refractivity contribution in [1.29, 1.82) is 0 Å². The third kappa shape index (κ3) is 5.53. The molecule has 0 unspecified atom stereocenters. The molecule has 1 aromatic carbocycles. The van der Waals surface area contributed by atoms with E-state index < -0.39 is 5.82 Å². The van der Waals surface area contributed by atoms with Gasteiger partial charge in [-0.1, -0.05) is 6.07 Å². The van der Waals surface area contributed by atoms with Crippen LogP contribution in [0.3, 0.4) is 0 Å². The number of likely N-dealkylation sites (N-methyl/N-ethyl adjacent to an activating group) is 1. The number of halogens is 1. The summed E-state index contributed by atoms with van der Waals surface area (Å²) in [7, 11) is 1.58. The van der Waals surface area contributed by atoms with Crippen molar-refractivity contribution in [3.8, 4) is 0 Å². The summed E-state index contributed by atoms with van der Waals surface area (Å²) < 4.78 is 13.2. The maximum atomic E-state index is 13.2. The molecule has 2 N–H and O–H groups in total. The van der Waals surface area contributed by atoms with Crippen LogP contribution >= 0.6 is 0 Å². The Morgan fingerprint density at radius 2 is 1.93 bits per heavy atom. The molecule has 3 rings (SSSR count). The SMILES string of the molecule is CN1CC(=O)N(CCCC(=O)N2CC[NH+](CC(=O)Nc3cccc(F)c3)CC2)C1=O. The lowest BCUT2D eigenvalue weighted by Crippen LogP contribution is -3.15. The van der Waals surface area contributed by atoms with Gasteiger partial charge in [0.2, 0.25) is 11.8 Å². The molecule has 5 amide bonds. The van der Waals surface area contributed by atoms with Crippen LogP contribution in [0.25, 0.3) is 0 Å². The van der Waals surface area contributed by atoms with Crippen molar-refractivity contribution in [3.05, 3.63) is 30.1 Å². The molecular formula is C20H27FN5O4+. The molecule has 10 heteroatoms. The summed E-state index contributed by atoms with van der Waals surface area (Å²) in [6.07, 6.45) is 0.712. The Labute approximate surface area is 174 Å². The second-order valence-electron chi connectivity index (χ2n) is 7.65. The van der Waals surface area contributed by atoms with Crippen LogP contribution in [0.15, 0.2) is 24.3 Å². The minimum atomic E-state index is -0.405.